The fraction of sp³-hybridized carbons (Fsp3) is 0.286. The predicted octanol–water partition coefficient (Wildman–Crippen LogP) is 4.03. The van der Waals surface area contributed by atoms with Gasteiger partial charge in [-0.1, -0.05) is 24.3 Å². The highest BCUT2D eigenvalue weighted by molar-refractivity contribution is 8.19. The molecule has 2 aliphatic rings. The Balaban J connectivity index is 1.36. The summed E-state index contributed by atoms with van der Waals surface area (Å²) in [6.07, 6.45) is 0.556. The Morgan fingerprint density at radius 2 is 1.54 bits per heavy atom. The van der Waals surface area contributed by atoms with Gasteiger partial charge < -0.3 is 4.74 Å². The van der Waals surface area contributed by atoms with E-state index in [1.54, 1.807) is 24.3 Å². The van der Waals surface area contributed by atoms with Crippen molar-refractivity contribution in [2.24, 2.45) is 0 Å². The predicted molar refractivity (Wildman–Crippen MR) is 110 cm³/mol. The van der Waals surface area contributed by atoms with Crippen LogP contribution >= 0.6 is 23.5 Å². The maximum atomic E-state index is 12.4. The van der Waals surface area contributed by atoms with E-state index in [1.807, 2.05) is 47.8 Å². The van der Waals surface area contributed by atoms with E-state index in [0.29, 0.717) is 15.9 Å². The van der Waals surface area contributed by atoms with Crippen LogP contribution in [-0.2, 0) is 16.1 Å². The highest BCUT2D eigenvalue weighted by atomic mass is 32.2. The zero-order valence-corrected chi connectivity index (χ0v) is 16.8. The van der Waals surface area contributed by atoms with Crippen molar-refractivity contribution in [2.75, 3.05) is 11.5 Å². The monoisotopic (exact) mass is 413 g/mol. The van der Waals surface area contributed by atoms with Crippen LogP contribution in [0.1, 0.15) is 38.9 Å². The van der Waals surface area contributed by atoms with Gasteiger partial charge in [-0.25, -0.2) is 4.79 Å². The summed E-state index contributed by atoms with van der Waals surface area (Å²) < 4.78 is 5.92. The van der Waals surface area contributed by atoms with Crippen molar-refractivity contribution in [3.05, 3.63) is 65.2 Å². The molecule has 2 aliphatic heterocycles. The lowest BCUT2D eigenvalue weighted by Crippen LogP contribution is -2.28. The summed E-state index contributed by atoms with van der Waals surface area (Å²) in [5.74, 6) is 2.12. The summed E-state index contributed by atoms with van der Waals surface area (Å²) in [7, 11) is 0. The minimum atomic E-state index is -0.433. The second-order valence-electron chi connectivity index (χ2n) is 6.60. The zero-order chi connectivity index (χ0) is 19.5. The smallest absolute Gasteiger partial charge is 0.343 e. The highest BCUT2D eigenvalue weighted by Crippen LogP contribution is 2.45. The van der Waals surface area contributed by atoms with Crippen LogP contribution in [0, 0.1) is 0 Å². The van der Waals surface area contributed by atoms with Gasteiger partial charge in [-0.05, 0) is 35.4 Å². The molecule has 2 fully saturated rings. The van der Waals surface area contributed by atoms with Crippen molar-refractivity contribution in [1.82, 2.24) is 4.90 Å². The van der Waals surface area contributed by atoms with E-state index in [9.17, 15) is 14.4 Å². The number of amides is 2. The van der Waals surface area contributed by atoms with Crippen LogP contribution in [0.3, 0.4) is 0 Å². The molecule has 0 saturated carbocycles. The van der Waals surface area contributed by atoms with Gasteiger partial charge in [0.2, 0.25) is 11.8 Å². The number of imide groups is 1. The van der Waals surface area contributed by atoms with Gasteiger partial charge in [-0.2, -0.15) is 0 Å². The third-order valence-corrected chi connectivity index (χ3v) is 7.77. The number of ether oxygens (including phenoxy) is 1. The molecular weight excluding hydrogens is 394 g/mol. The van der Waals surface area contributed by atoms with Crippen LogP contribution in [0.2, 0.25) is 0 Å². The molecule has 0 bridgehead atoms. The molecule has 0 aliphatic carbocycles. The molecule has 2 aromatic rings. The van der Waals surface area contributed by atoms with Crippen molar-refractivity contribution >= 4 is 41.3 Å². The average Bonchev–Trinajstić information content (AvgIpc) is 3.35. The van der Waals surface area contributed by atoms with E-state index < -0.39 is 5.97 Å². The van der Waals surface area contributed by atoms with Crippen LogP contribution < -0.4 is 4.74 Å². The summed E-state index contributed by atoms with van der Waals surface area (Å²) in [5, 5.41) is 0. The molecule has 2 amide bonds. The summed E-state index contributed by atoms with van der Waals surface area (Å²) in [5.41, 5.74) is 2.47. The maximum absolute atomic E-state index is 12.4. The van der Waals surface area contributed by atoms with Gasteiger partial charge in [-0.3, -0.25) is 14.5 Å². The van der Waals surface area contributed by atoms with E-state index in [4.69, 9.17) is 4.74 Å². The lowest BCUT2D eigenvalue weighted by Gasteiger charge is -2.14. The quantitative estimate of drug-likeness (QED) is 0.419. The van der Waals surface area contributed by atoms with Gasteiger partial charge in [0, 0.05) is 24.3 Å². The number of benzene rings is 2. The second-order valence-corrected chi connectivity index (χ2v) is 9.33. The molecule has 144 valence electrons. The molecule has 0 N–H and O–H groups in total. The molecule has 0 unspecified atom stereocenters. The van der Waals surface area contributed by atoms with Crippen molar-refractivity contribution < 1.29 is 19.1 Å². The number of hydrogen-bond acceptors (Lipinski definition) is 6. The van der Waals surface area contributed by atoms with E-state index >= 15 is 0 Å². The van der Waals surface area contributed by atoms with Gasteiger partial charge in [0.15, 0.2) is 0 Å². The molecule has 4 rings (SSSR count). The largest absolute Gasteiger partial charge is 0.423 e. The highest BCUT2D eigenvalue weighted by Gasteiger charge is 2.28. The van der Waals surface area contributed by atoms with Crippen LogP contribution in [0.15, 0.2) is 48.5 Å². The van der Waals surface area contributed by atoms with E-state index in [2.05, 4.69) is 0 Å². The third kappa shape index (κ3) is 4.25. The van der Waals surface area contributed by atoms with Crippen molar-refractivity contribution in [3.8, 4) is 5.75 Å². The molecule has 2 saturated heterocycles. The van der Waals surface area contributed by atoms with E-state index in [-0.39, 0.29) is 31.2 Å². The molecule has 7 heteroatoms. The van der Waals surface area contributed by atoms with Crippen LogP contribution in [0.25, 0.3) is 0 Å². The Labute approximate surface area is 171 Å². The third-order valence-electron chi connectivity index (χ3n) is 4.67. The Bertz CT molecular complexity index is 874. The molecule has 2 heterocycles. The van der Waals surface area contributed by atoms with Gasteiger partial charge in [0.05, 0.1) is 16.7 Å². The number of hydrogen-bond donors (Lipinski definition) is 0. The minimum Gasteiger partial charge on any atom is -0.423 e. The van der Waals surface area contributed by atoms with Crippen LogP contribution in [0.5, 0.6) is 5.75 Å². The number of nitrogens with zero attached hydrogens (tertiary/aromatic N) is 1. The number of esters is 1. The molecule has 28 heavy (non-hydrogen) atoms. The number of likely N-dealkylation sites (tertiary alicyclic amines) is 1. The Kier molecular flexibility index (Phi) is 5.73. The van der Waals surface area contributed by atoms with Crippen molar-refractivity contribution in [3.63, 3.8) is 0 Å². The molecule has 5 nitrogen and oxygen atoms in total. The fourth-order valence-corrected chi connectivity index (χ4v) is 6.00. The number of rotatable bonds is 5. The topological polar surface area (TPSA) is 63.7 Å². The SMILES string of the molecule is O=C(Oc1ccc(C2SCCS2)cc1)c1ccc(CN2C(=O)CCC2=O)cc1. The van der Waals surface area contributed by atoms with Crippen LogP contribution in [0.4, 0.5) is 0 Å². The molecular formula is C21H19NO4S2. The van der Waals surface area contributed by atoms with Crippen molar-refractivity contribution in [1.29, 1.82) is 0 Å². The molecule has 0 radical (unpaired) electrons. The Morgan fingerprint density at radius 3 is 2.14 bits per heavy atom. The summed E-state index contributed by atoms with van der Waals surface area (Å²) >= 11 is 3.87. The molecule has 0 atom stereocenters. The Hall–Kier alpha value is -2.25. The van der Waals surface area contributed by atoms with Gasteiger partial charge in [0.1, 0.15) is 5.75 Å². The summed E-state index contributed by atoms with van der Waals surface area (Å²) in [4.78, 5) is 37.0. The lowest BCUT2D eigenvalue weighted by atomic mass is 10.1. The molecule has 0 spiro atoms. The summed E-state index contributed by atoms with van der Waals surface area (Å²) in [6.45, 7) is 0.242. The average molecular weight is 414 g/mol. The Morgan fingerprint density at radius 1 is 0.929 bits per heavy atom. The van der Waals surface area contributed by atoms with Gasteiger partial charge in [-0.15, -0.1) is 23.5 Å². The normalized spacial score (nSPS) is 17.4. The first kappa shape index (κ1) is 19.1. The number of thioether (sulfide) groups is 2. The number of carbonyl (C=O) groups is 3. The molecule has 0 aromatic heterocycles. The summed E-state index contributed by atoms with van der Waals surface area (Å²) in [6, 6.07) is 14.5. The first-order valence-corrected chi connectivity index (χ1v) is 11.2. The standard InChI is InChI=1S/C21H19NO4S2/c23-18-9-10-19(24)22(18)13-14-1-3-15(4-2-14)20(25)26-17-7-5-16(6-8-17)21-27-11-12-28-21/h1-8,21H,9-13H2. The van der Waals surface area contributed by atoms with E-state index in [1.165, 1.54) is 22.0 Å². The maximum Gasteiger partial charge on any atom is 0.343 e. The molecule has 2 aromatic carbocycles. The minimum absolute atomic E-state index is 0.147. The van der Waals surface area contributed by atoms with Gasteiger partial charge in [0.25, 0.3) is 0 Å². The first-order valence-electron chi connectivity index (χ1n) is 9.07. The second kappa shape index (κ2) is 8.41. The van der Waals surface area contributed by atoms with Crippen molar-refractivity contribution in [2.45, 2.75) is 24.0 Å². The fourth-order valence-electron chi connectivity index (χ4n) is 3.14. The lowest BCUT2D eigenvalue weighted by molar-refractivity contribution is -0.139. The number of carbonyl (C=O) groups excluding carboxylic acids is 3. The van der Waals surface area contributed by atoms with Crippen LogP contribution in [-0.4, -0.2) is 34.2 Å². The first-order chi connectivity index (χ1) is 13.6. The van der Waals surface area contributed by atoms with E-state index in [0.717, 1.165) is 5.56 Å². The zero-order valence-electron chi connectivity index (χ0n) is 15.1. The van der Waals surface area contributed by atoms with Gasteiger partial charge >= 0.3 is 5.97 Å².